The fourth-order valence-electron chi connectivity index (χ4n) is 3.50. The molecule has 1 amide bonds. The van der Waals surface area contributed by atoms with Crippen LogP contribution in [0.15, 0.2) is 58.7 Å². The maximum atomic E-state index is 13.2. The molecule has 2 aromatic heterocycles. The highest BCUT2D eigenvalue weighted by Gasteiger charge is 2.45. The van der Waals surface area contributed by atoms with Crippen LogP contribution >= 0.6 is 11.8 Å². The summed E-state index contributed by atoms with van der Waals surface area (Å²) in [5.74, 6) is -0.0188. The Hall–Kier alpha value is -3.00. The number of carbonyl (C=O) groups excluding carboxylic acids is 1. The van der Waals surface area contributed by atoms with Crippen LogP contribution in [0.4, 0.5) is 5.69 Å². The molecule has 28 heavy (non-hydrogen) atoms. The van der Waals surface area contributed by atoms with Gasteiger partial charge in [-0.05, 0) is 41.6 Å². The molecule has 1 N–H and O–H groups in total. The van der Waals surface area contributed by atoms with E-state index in [4.69, 9.17) is 0 Å². The quantitative estimate of drug-likeness (QED) is 0.543. The highest BCUT2D eigenvalue weighted by Crippen LogP contribution is 2.37. The van der Waals surface area contributed by atoms with Crippen LogP contribution in [0.3, 0.4) is 0 Å². The summed E-state index contributed by atoms with van der Waals surface area (Å²) in [6, 6.07) is 11.2. The van der Waals surface area contributed by atoms with Gasteiger partial charge in [-0.2, -0.15) is 0 Å². The minimum atomic E-state index is -0.578. The molecular formula is C20H20N5O2S+. The van der Waals surface area contributed by atoms with E-state index in [9.17, 15) is 9.59 Å². The minimum absolute atomic E-state index is 0.0188. The largest absolute Gasteiger partial charge is 0.325 e. The Labute approximate surface area is 166 Å². The molecule has 1 aliphatic rings. The Morgan fingerprint density at radius 2 is 2.11 bits per heavy atom. The number of hydrogen-bond acceptors (Lipinski definition) is 5. The number of fused-ring (bicyclic) bond motifs is 3. The molecule has 1 aromatic carbocycles. The lowest BCUT2D eigenvalue weighted by Gasteiger charge is -2.32. The molecule has 0 saturated heterocycles. The maximum Gasteiger partial charge on any atom is 0.325 e. The van der Waals surface area contributed by atoms with Crippen LogP contribution in [0, 0.1) is 0 Å². The van der Waals surface area contributed by atoms with E-state index in [2.05, 4.69) is 15.1 Å². The second-order valence-electron chi connectivity index (χ2n) is 6.45. The van der Waals surface area contributed by atoms with Gasteiger partial charge in [0.15, 0.2) is 0 Å². The summed E-state index contributed by atoms with van der Waals surface area (Å²) in [6.45, 7) is 1.97. The Balaban J connectivity index is 2.06. The number of aromatic amines is 1. The van der Waals surface area contributed by atoms with Crippen LogP contribution in [0.1, 0.15) is 31.5 Å². The monoisotopic (exact) mass is 394 g/mol. The average Bonchev–Trinajstić information content (AvgIpc) is 2.73. The van der Waals surface area contributed by atoms with E-state index < -0.39 is 6.17 Å². The summed E-state index contributed by atoms with van der Waals surface area (Å²) in [7, 11) is 0. The second-order valence-corrected chi connectivity index (χ2v) is 7.24. The molecular weight excluding hydrogens is 374 g/mol. The molecule has 0 spiro atoms. The predicted molar refractivity (Wildman–Crippen MR) is 107 cm³/mol. The number of anilines is 1. The predicted octanol–water partition coefficient (Wildman–Crippen LogP) is 2.53. The van der Waals surface area contributed by atoms with E-state index in [1.165, 1.54) is 11.8 Å². The highest BCUT2D eigenvalue weighted by atomic mass is 32.2. The van der Waals surface area contributed by atoms with E-state index in [0.717, 1.165) is 12.0 Å². The Morgan fingerprint density at radius 1 is 1.29 bits per heavy atom. The molecule has 0 saturated carbocycles. The maximum absolute atomic E-state index is 13.2. The summed E-state index contributed by atoms with van der Waals surface area (Å²) in [4.78, 5) is 34.9. The van der Waals surface area contributed by atoms with Crippen molar-refractivity contribution < 1.29 is 9.48 Å². The fourth-order valence-corrected chi connectivity index (χ4v) is 3.86. The summed E-state index contributed by atoms with van der Waals surface area (Å²) < 4.78 is 1.65. The van der Waals surface area contributed by atoms with Crippen LogP contribution in [0.2, 0.25) is 0 Å². The average molecular weight is 394 g/mol. The second kappa shape index (κ2) is 7.55. The van der Waals surface area contributed by atoms with Gasteiger partial charge in [-0.1, -0.05) is 30.8 Å². The third-order valence-electron chi connectivity index (χ3n) is 4.67. The fraction of sp³-hybridized carbons (Fsp3) is 0.250. The molecule has 0 aliphatic carbocycles. The molecule has 0 radical (unpaired) electrons. The summed E-state index contributed by atoms with van der Waals surface area (Å²) in [6.07, 6.45) is 5.80. The Morgan fingerprint density at radius 3 is 2.82 bits per heavy atom. The van der Waals surface area contributed by atoms with Crippen LogP contribution in [-0.2, 0) is 4.79 Å². The van der Waals surface area contributed by atoms with E-state index in [1.807, 2.05) is 49.6 Å². The van der Waals surface area contributed by atoms with Gasteiger partial charge in [-0.25, -0.2) is 4.90 Å². The lowest BCUT2D eigenvalue weighted by Crippen LogP contribution is -2.60. The van der Waals surface area contributed by atoms with E-state index >= 15 is 0 Å². The number of benzene rings is 1. The molecule has 4 rings (SSSR count). The van der Waals surface area contributed by atoms with Gasteiger partial charge in [0.1, 0.15) is 0 Å². The van der Waals surface area contributed by atoms with E-state index in [-0.39, 0.29) is 11.5 Å². The van der Waals surface area contributed by atoms with Crippen molar-refractivity contribution in [3.05, 3.63) is 64.7 Å². The Bertz CT molecular complexity index is 1080. The van der Waals surface area contributed by atoms with Gasteiger partial charge in [0.2, 0.25) is 11.1 Å². The first kappa shape index (κ1) is 18.4. The lowest BCUT2D eigenvalue weighted by molar-refractivity contribution is -0.763. The number of hydrogen-bond donors (Lipinski definition) is 1. The number of thioether (sulfide) groups is 1. The van der Waals surface area contributed by atoms with Crippen molar-refractivity contribution in [1.82, 2.24) is 15.1 Å². The van der Waals surface area contributed by atoms with Crippen LogP contribution in [-0.4, -0.2) is 27.2 Å². The van der Waals surface area contributed by atoms with Gasteiger partial charge in [0.25, 0.3) is 6.17 Å². The number of rotatable bonds is 4. The topological polar surface area (TPSA) is 82.8 Å². The van der Waals surface area contributed by atoms with Gasteiger partial charge in [0.05, 0.1) is 16.8 Å². The van der Waals surface area contributed by atoms with E-state index in [1.54, 1.807) is 22.0 Å². The van der Waals surface area contributed by atoms with Gasteiger partial charge in [-0.3, -0.25) is 19.6 Å². The van der Waals surface area contributed by atoms with Gasteiger partial charge < -0.3 is 0 Å². The van der Waals surface area contributed by atoms with Crippen molar-refractivity contribution in [2.75, 3.05) is 11.2 Å². The molecule has 1 atom stereocenters. The van der Waals surface area contributed by atoms with Crippen molar-refractivity contribution in [2.24, 2.45) is 0 Å². The zero-order valence-corrected chi connectivity index (χ0v) is 16.4. The van der Waals surface area contributed by atoms with Crippen molar-refractivity contribution in [1.29, 1.82) is 0 Å². The number of H-pyrrole nitrogens is 1. The molecule has 0 fully saturated rings. The van der Waals surface area contributed by atoms with Crippen molar-refractivity contribution in [3.63, 3.8) is 0 Å². The van der Waals surface area contributed by atoms with Crippen molar-refractivity contribution in [2.45, 2.75) is 31.1 Å². The zero-order chi connectivity index (χ0) is 19.7. The number of para-hydroxylation sites is 1. The molecule has 3 heterocycles. The van der Waals surface area contributed by atoms with Gasteiger partial charge in [-0.15, -0.1) is 0 Å². The Kier molecular flexibility index (Phi) is 4.95. The zero-order valence-electron chi connectivity index (χ0n) is 15.6. The van der Waals surface area contributed by atoms with Crippen LogP contribution in [0.5, 0.6) is 0 Å². The number of amides is 1. The molecule has 7 nitrogen and oxygen atoms in total. The smallest absolute Gasteiger partial charge is 0.291 e. The minimum Gasteiger partial charge on any atom is -0.291 e. The standard InChI is InChI=1S/C20H19N5O2S/c1-3-7-16(26)24-15-10-5-4-9-14(15)17-18(27)22-20(28-2)23-25(17)19(24)13-8-6-11-21-12-13/h4-6,8-12,19H,3,7H2,1-2H3/p+1/t19-/m1/s1. The third kappa shape index (κ3) is 2.99. The molecule has 142 valence electrons. The number of carbonyl (C=O) groups is 1. The van der Waals surface area contributed by atoms with E-state index in [0.29, 0.717) is 28.5 Å². The molecule has 0 bridgehead atoms. The normalized spacial score (nSPS) is 15.1. The number of nitrogens with one attached hydrogen (secondary N) is 1. The van der Waals surface area contributed by atoms with Gasteiger partial charge >= 0.3 is 11.3 Å². The lowest BCUT2D eigenvalue weighted by atomic mass is 10.0. The number of pyridine rings is 1. The first-order valence-corrected chi connectivity index (χ1v) is 10.3. The summed E-state index contributed by atoms with van der Waals surface area (Å²) in [5.41, 5.74) is 2.39. The highest BCUT2D eigenvalue weighted by molar-refractivity contribution is 7.98. The molecule has 1 aliphatic heterocycles. The number of nitrogens with zero attached hydrogens (tertiary/aromatic N) is 4. The van der Waals surface area contributed by atoms with Crippen molar-refractivity contribution in [3.8, 4) is 11.3 Å². The SMILES string of the molecule is CCCC(=O)N1c2ccccc2-c2c(=O)[nH]c(SC)n[n+]2[C@@H]1c1cccnc1. The number of aromatic nitrogens is 4. The van der Waals surface area contributed by atoms with Gasteiger partial charge in [0, 0.05) is 23.9 Å². The molecule has 8 heteroatoms. The first-order chi connectivity index (χ1) is 13.7. The van der Waals surface area contributed by atoms with Crippen LogP contribution in [0.25, 0.3) is 11.3 Å². The van der Waals surface area contributed by atoms with Crippen LogP contribution < -0.4 is 15.1 Å². The van der Waals surface area contributed by atoms with Crippen molar-refractivity contribution >= 4 is 23.4 Å². The molecule has 3 aromatic rings. The summed E-state index contributed by atoms with van der Waals surface area (Å²) >= 11 is 1.35. The first-order valence-electron chi connectivity index (χ1n) is 9.07. The third-order valence-corrected chi connectivity index (χ3v) is 5.24. The molecule has 0 unspecified atom stereocenters. The summed E-state index contributed by atoms with van der Waals surface area (Å²) in [5, 5.41) is 5.14.